The molecule has 5 heteroatoms. The zero-order chi connectivity index (χ0) is 15.5. The van der Waals surface area contributed by atoms with E-state index >= 15 is 0 Å². The fourth-order valence-corrected chi connectivity index (χ4v) is 2.02. The highest BCUT2D eigenvalue weighted by Gasteiger charge is 2.02. The van der Waals surface area contributed by atoms with Crippen LogP contribution in [0.15, 0.2) is 48.9 Å². The third-order valence-electron chi connectivity index (χ3n) is 3.16. The highest BCUT2D eigenvalue weighted by atomic mass is 16.5. The molecular formula is C17H21N3O2. The number of amides is 1. The molecular weight excluding hydrogens is 278 g/mol. The topological polar surface area (TPSA) is 64.1 Å². The normalized spacial score (nSPS) is 10.2. The first-order valence-electron chi connectivity index (χ1n) is 7.58. The zero-order valence-electron chi connectivity index (χ0n) is 12.6. The van der Waals surface area contributed by atoms with Gasteiger partial charge in [0.05, 0.1) is 6.61 Å². The van der Waals surface area contributed by atoms with Crippen LogP contribution in [-0.2, 0) is 4.79 Å². The molecule has 22 heavy (non-hydrogen) atoms. The Morgan fingerprint density at radius 1 is 1.05 bits per heavy atom. The Labute approximate surface area is 130 Å². The number of nitrogens with zero attached hydrogens (tertiary/aromatic N) is 2. The maximum Gasteiger partial charge on any atom is 0.225 e. The van der Waals surface area contributed by atoms with E-state index in [2.05, 4.69) is 15.3 Å². The number of unbranched alkanes of at least 4 members (excludes halogenated alkanes) is 3. The monoisotopic (exact) mass is 299 g/mol. The molecule has 0 unspecified atom stereocenters. The van der Waals surface area contributed by atoms with E-state index in [0.29, 0.717) is 12.2 Å². The van der Waals surface area contributed by atoms with Crippen molar-refractivity contribution in [1.82, 2.24) is 9.97 Å². The molecule has 0 bridgehead atoms. The van der Waals surface area contributed by atoms with Gasteiger partial charge in [-0.3, -0.25) is 4.79 Å². The van der Waals surface area contributed by atoms with Crippen LogP contribution in [0.1, 0.15) is 32.1 Å². The van der Waals surface area contributed by atoms with Crippen molar-refractivity contribution in [3.05, 3.63) is 48.9 Å². The van der Waals surface area contributed by atoms with Crippen molar-refractivity contribution < 1.29 is 9.53 Å². The van der Waals surface area contributed by atoms with E-state index in [1.165, 1.54) is 6.33 Å². The number of carbonyl (C=O) groups is 1. The molecule has 0 saturated heterocycles. The second-order valence-corrected chi connectivity index (χ2v) is 4.97. The van der Waals surface area contributed by atoms with Crippen molar-refractivity contribution in [3.8, 4) is 5.75 Å². The fourth-order valence-electron chi connectivity index (χ4n) is 2.02. The fraction of sp³-hybridized carbons (Fsp3) is 0.353. The van der Waals surface area contributed by atoms with Crippen molar-refractivity contribution in [2.45, 2.75) is 32.1 Å². The molecule has 1 N–H and O–H groups in total. The number of hydrogen-bond acceptors (Lipinski definition) is 4. The lowest BCUT2D eigenvalue weighted by Gasteiger charge is -2.06. The summed E-state index contributed by atoms with van der Waals surface area (Å²) in [5.41, 5.74) is 0. The van der Waals surface area contributed by atoms with Gasteiger partial charge in [0.25, 0.3) is 0 Å². The molecule has 0 aliphatic rings. The van der Waals surface area contributed by atoms with Crippen LogP contribution in [0.5, 0.6) is 5.75 Å². The Balaban J connectivity index is 1.48. The van der Waals surface area contributed by atoms with E-state index in [4.69, 9.17) is 4.74 Å². The Bertz CT molecular complexity index is 546. The average molecular weight is 299 g/mol. The number of ether oxygens (including phenoxy) is 1. The summed E-state index contributed by atoms with van der Waals surface area (Å²) < 4.78 is 5.62. The molecule has 116 valence electrons. The molecule has 2 aromatic rings. The van der Waals surface area contributed by atoms with Crippen LogP contribution in [0, 0.1) is 0 Å². The SMILES string of the molecule is O=C(CCCCCCOc1ccccc1)Nc1ccncn1. The van der Waals surface area contributed by atoms with Crippen LogP contribution < -0.4 is 10.1 Å². The van der Waals surface area contributed by atoms with Gasteiger partial charge in [-0.05, 0) is 31.0 Å². The summed E-state index contributed by atoms with van der Waals surface area (Å²) in [7, 11) is 0. The van der Waals surface area contributed by atoms with Crippen LogP contribution in [0.3, 0.4) is 0 Å². The van der Waals surface area contributed by atoms with Gasteiger partial charge in [0.2, 0.25) is 5.91 Å². The number of aromatic nitrogens is 2. The van der Waals surface area contributed by atoms with Crippen LogP contribution in [0.25, 0.3) is 0 Å². The summed E-state index contributed by atoms with van der Waals surface area (Å²) in [5, 5.41) is 2.75. The maximum absolute atomic E-state index is 11.7. The summed E-state index contributed by atoms with van der Waals surface area (Å²) in [6.07, 6.45) is 7.51. The molecule has 5 nitrogen and oxygen atoms in total. The molecule has 0 atom stereocenters. The van der Waals surface area contributed by atoms with Crippen LogP contribution in [-0.4, -0.2) is 22.5 Å². The number of para-hydroxylation sites is 1. The first-order valence-corrected chi connectivity index (χ1v) is 7.58. The smallest absolute Gasteiger partial charge is 0.225 e. The molecule has 1 heterocycles. The lowest BCUT2D eigenvalue weighted by Crippen LogP contribution is -2.12. The van der Waals surface area contributed by atoms with Gasteiger partial charge in [0.15, 0.2) is 0 Å². The summed E-state index contributed by atoms with van der Waals surface area (Å²) in [6.45, 7) is 0.719. The Morgan fingerprint density at radius 2 is 1.86 bits per heavy atom. The predicted molar refractivity (Wildman–Crippen MR) is 85.7 cm³/mol. The van der Waals surface area contributed by atoms with Gasteiger partial charge in [-0.2, -0.15) is 0 Å². The Morgan fingerprint density at radius 3 is 2.64 bits per heavy atom. The van der Waals surface area contributed by atoms with Gasteiger partial charge >= 0.3 is 0 Å². The number of benzene rings is 1. The number of nitrogens with one attached hydrogen (secondary N) is 1. The average Bonchev–Trinajstić information content (AvgIpc) is 2.56. The van der Waals surface area contributed by atoms with E-state index in [1.807, 2.05) is 30.3 Å². The number of anilines is 1. The summed E-state index contributed by atoms with van der Waals surface area (Å²) in [5.74, 6) is 1.46. The third-order valence-corrected chi connectivity index (χ3v) is 3.16. The van der Waals surface area contributed by atoms with Crippen LogP contribution in [0.4, 0.5) is 5.82 Å². The largest absolute Gasteiger partial charge is 0.494 e. The Kier molecular flexibility index (Phi) is 6.88. The van der Waals surface area contributed by atoms with E-state index in [-0.39, 0.29) is 5.91 Å². The van der Waals surface area contributed by atoms with Gasteiger partial charge in [-0.15, -0.1) is 0 Å². The molecule has 1 aromatic heterocycles. The second kappa shape index (κ2) is 9.50. The molecule has 0 aliphatic carbocycles. The predicted octanol–water partition coefficient (Wildman–Crippen LogP) is 3.44. The van der Waals surface area contributed by atoms with Crippen molar-refractivity contribution in [1.29, 1.82) is 0 Å². The third kappa shape index (κ3) is 6.35. The molecule has 0 fully saturated rings. The van der Waals surface area contributed by atoms with Gasteiger partial charge in [0.1, 0.15) is 17.9 Å². The number of rotatable bonds is 9. The van der Waals surface area contributed by atoms with Crippen molar-refractivity contribution in [3.63, 3.8) is 0 Å². The summed E-state index contributed by atoms with van der Waals surface area (Å²) >= 11 is 0. The molecule has 0 spiro atoms. The number of hydrogen-bond donors (Lipinski definition) is 1. The second-order valence-electron chi connectivity index (χ2n) is 4.97. The minimum atomic E-state index is -0.000708. The molecule has 0 saturated carbocycles. The van der Waals surface area contributed by atoms with E-state index < -0.39 is 0 Å². The minimum absolute atomic E-state index is 0.000708. The standard InChI is InChI=1S/C17H21N3O2/c21-17(20-16-11-12-18-14-19-16)10-6-1-2-7-13-22-15-8-4-3-5-9-15/h3-5,8-9,11-12,14H,1-2,6-7,10,13H2,(H,18,19,20,21). The molecule has 1 aromatic carbocycles. The van der Waals surface area contributed by atoms with Gasteiger partial charge in [-0.25, -0.2) is 9.97 Å². The van der Waals surface area contributed by atoms with E-state index in [1.54, 1.807) is 12.3 Å². The van der Waals surface area contributed by atoms with Crippen molar-refractivity contribution in [2.75, 3.05) is 11.9 Å². The first-order chi connectivity index (χ1) is 10.8. The maximum atomic E-state index is 11.7. The molecule has 0 aliphatic heterocycles. The van der Waals surface area contributed by atoms with Crippen molar-refractivity contribution >= 4 is 11.7 Å². The molecule has 1 amide bonds. The van der Waals surface area contributed by atoms with E-state index in [9.17, 15) is 4.79 Å². The molecule has 2 rings (SSSR count). The number of carbonyl (C=O) groups excluding carboxylic acids is 1. The minimum Gasteiger partial charge on any atom is -0.494 e. The van der Waals surface area contributed by atoms with Gasteiger partial charge in [0, 0.05) is 12.6 Å². The Hall–Kier alpha value is -2.43. The van der Waals surface area contributed by atoms with Crippen LogP contribution in [0.2, 0.25) is 0 Å². The summed E-state index contributed by atoms with van der Waals surface area (Å²) in [4.78, 5) is 19.5. The lowest BCUT2D eigenvalue weighted by atomic mass is 10.1. The van der Waals surface area contributed by atoms with Crippen molar-refractivity contribution in [2.24, 2.45) is 0 Å². The van der Waals surface area contributed by atoms with Gasteiger partial charge in [-0.1, -0.05) is 31.0 Å². The molecule has 0 radical (unpaired) electrons. The van der Waals surface area contributed by atoms with E-state index in [0.717, 1.165) is 38.0 Å². The highest BCUT2D eigenvalue weighted by Crippen LogP contribution is 2.10. The lowest BCUT2D eigenvalue weighted by molar-refractivity contribution is -0.116. The van der Waals surface area contributed by atoms with Gasteiger partial charge < -0.3 is 10.1 Å². The van der Waals surface area contributed by atoms with Crippen LogP contribution >= 0.6 is 0 Å². The quantitative estimate of drug-likeness (QED) is 0.720. The highest BCUT2D eigenvalue weighted by molar-refractivity contribution is 5.89. The first kappa shape index (κ1) is 15.9. The summed E-state index contributed by atoms with van der Waals surface area (Å²) in [6, 6.07) is 11.5. The zero-order valence-corrected chi connectivity index (χ0v) is 12.6.